The standard InChI is InChI=1S/C47H50N12O24S/c1-30-9-14-39(49-28-30)84(69,70)56(32(3)82-47(62)77-22-18-73-20-26-79-58(65)66)43-40(83-38-8-6-5-7-37(38)71-4)44(74-23-24-75-45(60)34-12-10-33(11-13-34)29-80-59(67)68)51-41(50-43)35-15-16-48-36(27-35)42-52-53-54-55(42)31(2)81-46(61)76-21-17-72-19-25-78-57(63)64/h5-16,27-28,31-32H,17-26,29H2,1-4H3. The van der Waals surface area contributed by atoms with Gasteiger partial charge in [-0.05, 0) is 84.8 Å². The first-order valence-electron chi connectivity index (χ1n) is 24.3. The fourth-order valence-electron chi connectivity index (χ4n) is 6.76. The van der Waals surface area contributed by atoms with Crippen LogP contribution in [-0.2, 0) is 64.3 Å². The number of aromatic nitrogens is 8. The molecular formula is C47H50N12O24S. The molecule has 0 fully saturated rings. The van der Waals surface area contributed by atoms with Crippen LogP contribution < -0.4 is 18.5 Å². The van der Waals surface area contributed by atoms with Gasteiger partial charge in [0.15, 0.2) is 40.6 Å². The van der Waals surface area contributed by atoms with E-state index in [1.807, 2.05) is 0 Å². The molecule has 2 aromatic carbocycles. The van der Waals surface area contributed by atoms with Crippen molar-refractivity contribution in [2.45, 2.75) is 44.9 Å². The van der Waals surface area contributed by atoms with Crippen molar-refractivity contribution in [3.8, 4) is 46.0 Å². The monoisotopic (exact) mass is 1200 g/mol. The number of pyridine rings is 2. The van der Waals surface area contributed by atoms with Crippen LogP contribution >= 0.6 is 0 Å². The van der Waals surface area contributed by atoms with Crippen LogP contribution in [0.2, 0.25) is 0 Å². The summed E-state index contributed by atoms with van der Waals surface area (Å²) in [4.78, 5) is 101. The van der Waals surface area contributed by atoms with Gasteiger partial charge in [-0.2, -0.15) is 18.1 Å². The minimum absolute atomic E-state index is 0.0130. The molecule has 0 spiro atoms. The summed E-state index contributed by atoms with van der Waals surface area (Å²) in [5.74, 6) is -3.05. The van der Waals surface area contributed by atoms with Crippen molar-refractivity contribution in [1.82, 2.24) is 40.1 Å². The molecule has 0 aliphatic heterocycles. The second kappa shape index (κ2) is 31.0. The summed E-state index contributed by atoms with van der Waals surface area (Å²) >= 11 is 0. The summed E-state index contributed by atoms with van der Waals surface area (Å²) in [5, 5.41) is 39.6. The van der Waals surface area contributed by atoms with Gasteiger partial charge in [-0.3, -0.25) is 4.98 Å². The molecule has 0 aliphatic rings. The van der Waals surface area contributed by atoms with Gasteiger partial charge >= 0.3 is 18.3 Å². The Morgan fingerprint density at radius 3 is 1.98 bits per heavy atom. The fourth-order valence-corrected chi connectivity index (χ4v) is 8.18. The third-order valence-corrected chi connectivity index (χ3v) is 12.2. The van der Waals surface area contributed by atoms with Crippen molar-refractivity contribution in [3.05, 3.63) is 132 Å². The highest BCUT2D eigenvalue weighted by atomic mass is 32.2. The van der Waals surface area contributed by atoms with Crippen LogP contribution in [-0.4, -0.2) is 162 Å². The first kappa shape index (κ1) is 62.8. The first-order chi connectivity index (χ1) is 40.3. The van der Waals surface area contributed by atoms with E-state index in [4.69, 9.17) is 52.4 Å². The molecule has 2 atom stereocenters. The maximum absolute atomic E-state index is 15.2. The number of carbonyl (C=O) groups is 3. The summed E-state index contributed by atoms with van der Waals surface area (Å²) in [6, 6.07) is 17.0. The van der Waals surface area contributed by atoms with E-state index in [9.17, 15) is 44.7 Å². The Kier molecular flexibility index (Phi) is 23.1. The minimum atomic E-state index is -5.07. The number of methoxy groups -OCH3 is 1. The lowest BCUT2D eigenvalue weighted by atomic mass is 10.1. The number of carbonyl (C=O) groups excluding carboxylic acids is 3. The molecule has 0 radical (unpaired) electrons. The lowest BCUT2D eigenvalue weighted by Gasteiger charge is -2.30. The van der Waals surface area contributed by atoms with Crippen molar-refractivity contribution in [2.24, 2.45) is 0 Å². The molecular weight excluding hydrogens is 1150 g/mol. The van der Waals surface area contributed by atoms with Crippen molar-refractivity contribution in [2.75, 3.05) is 77.5 Å². The molecule has 448 valence electrons. The largest absolute Gasteiger partial charge is 0.510 e. The lowest BCUT2D eigenvalue weighted by Crippen LogP contribution is -2.43. The Morgan fingerprint density at radius 2 is 1.35 bits per heavy atom. The second-order valence-corrected chi connectivity index (χ2v) is 18.0. The van der Waals surface area contributed by atoms with Gasteiger partial charge in [0.1, 0.15) is 51.9 Å². The van der Waals surface area contributed by atoms with Gasteiger partial charge in [-0.15, -0.1) is 35.4 Å². The summed E-state index contributed by atoms with van der Waals surface area (Å²) in [7, 11) is -3.74. The average Bonchev–Trinajstić information content (AvgIpc) is 1.81. The SMILES string of the molecule is COc1ccccc1Oc1c(OCCOC(=O)c2ccc(CO[N+](=O)[O-])cc2)nc(-c2ccnc(-c3nnnn3C(C)OC(=O)OCCOCCO[N+](=O)[O-])c2)nc1N(C(C)OC(=O)OCCOCCO[N+](=O)[O-])S(=O)(=O)c1ccc(C)cn1. The second-order valence-electron chi connectivity index (χ2n) is 16.3. The van der Waals surface area contributed by atoms with E-state index in [0.717, 1.165) is 11.6 Å². The number of benzene rings is 2. The predicted molar refractivity (Wildman–Crippen MR) is 274 cm³/mol. The number of ether oxygens (including phenoxy) is 10. The van der Waals surface area contributed by atoms with Crippen LogP contribution in [0.5, 0.6) is 23.1 Å². The topological polar surface area (TPSA) is 433 Å². The Morgan fingerprint density at radius 1 is 0.714 bits per heavy atom. The normalized spacial score (nSPS) is 11.7. The molecule has 6 rings (SSSR count). The summed E-state index contributed by atoms with van der Waals surface area (Å²) in [6.45, 7) is 0.367. The van der Waals surface area contributed by atoms with E-state index in [2.05, 4.69) is 45.0 Å². The Hall–Kier alpha value is -10.4. The Labute approximate surface area is 473 Å². The quantitative estimate of drug-likeness (QED) is 0.0134. The van der Waals surface area contributed by atoms with E-state index in [-0.39, 0.29) is 86.2 Å². The molecule has 36 nitrogen and oxygen atoms in total. The molecule has 4 heterocycles. The zero-order chi connectivity index (χ0) is 60.6. The van der Waals surface area contributed by atoms with E-state index in [1.165, 1.54) is 87.1 Å². The molecule has 37 heteroatoms. The van der Waals surface area contributed by atoms with Crippen LogP contribution in [0.3, 0.4) is 0 Å². The zero-order valence-corrected chi connectivity index (χ0v) is 45.4. The highest BCUT2D eigenvalue weighted by molar-refractivity contribution is 7.92. The molecule has 0 saturated heterocycles. The van der Waals surface area contributed by atoms with E-state index >= 15 is 8.42 Å². The summed E-state index contributed by atoms with van der Waals surface area (Å²) in [5.41, 5.74) is 1.01. The number of para-hydroxylation sites is 2. The molecule has 0 bridgehead atoms. The van der Waals surface area contributed by atoms with Gasteiger partial charge in [0.2, 0.25) is 11.6 Å². The van der Waals surface area contributed by atoms with E-state index in [1.54, 1.807) is 19.1 Å². The third-order valence-electron chi connectivity index (χ3n) is 10.5. The highest BCUT2D eigenvalue weighted by Gasteiger charge is 2.39. The predicted octanol–water partition coefficient (Wildman–Crippen LogP) is 4.46. The lowest BCUT2D eigenvalue weighted by molar-refractivity contribution is -0.763. The van der Waals surface area contributed by atoms with Crippen molar-refractivity contribution >= 4 is 34.1 Å². The van der Waals surface area contributed by atoms with Crippen LogP contribution in [0.1, 0.15) is 41.6 Å². The van der Waals surface area contributed by atoms with Crippen LogP contribution in [0, 0.1) is 37.3 Å². The number of esters is 1. The molecule has 0 saturated carbocycles. The molecule has 4 aromatic heterocycles. The van der Waals surface area contributed by atoms with Gasteiger partial charge in [0.05, 0.1) is 39.1 Å². The number of sulfonamides is 1. The fraction of sp³-hybridized carbons (Fsp3) is 0.362. The minimum Gasteiger partial charge on any atom is -0.493 e. The molecule has 84 heavy (non-hydrogen) atoms. The number of anilines is 1. The van der Waals surface area contributed by atoms with Crippen LogP contribution in [0.4, 0.5) is 15.4 Å². The number of rotatable bonds is 34. The van der Waals surface area contributed by atoms with Crippen LogP contribution in [0.15, 0.2) is 90.2 Å². The Bertz CT molecular complexity index is 3320. The Balaban J connectivity index is 1.42. The number of nitrogens with zero attached hydrogens (tertiary/aromatic N) is 12. The van der Waals surface area contributed by atoms with E-state index < -0.39 is 105 Å². The third kappa shape index (κ3) is 18.6. The van der Waals surface area contributed by atoms with Gasteiger partial charge in [-0.25, -0.2) is 28.7 Å². The number of hydrogen-bond acceptors (Lipinski definition) is 31. The van der Waals surface area contributed by atoms with E-state index in [0.29, 0.717) is 15.4 Å². The van der Waals surface area contributed by atoms with Gasteiger partial charge < -0.3 is 61.9 Å². The van der Waals surface area contributed by atoms with Gasteiger partial charge in [0, 0.05) is 18.0 Å². The first-order valence-corrected chi connectivity index (χ1v) is 25.8. The number of tetrazole rings is 1. The highest BCUT2D eigenvalue weighted by Crippen LogP contribution is 2.45. The smallest absolute Gasteiger partial charge is 0.493 e. The van der Waals surface area contributed by atoms with Crippen LogP contribution in [0.25, 0.3) is 22.9 Å². The van der Waals surface area contributed by atoms with Gasteiger partial charge in [-0.1, -0.05) is 30.3 Å². The summed E-state index contributed by atoms with van der Waals surface area (Å²) in [6.07, 6.45) is -3.26. The zero-order valence-electron chi connectivity index (χ0n) is 44.6. The maximum Gasteiger partial charge on any atom is 0.510 e. The van der Waals surface area contributed by atoms with Crippen molar-refractivity contribution < 1.29 is 99.9 Å². The van der Waals surface area contributed by atoms with Gasteiger partial charge in [0.25, 0.3) is 31.2 Å². The van der Waals surface area contributed by atoms with Crippen molar-refractivity contribution in [1.29, 1.82) is 0 Å². The van der Waals surface area contributed by atoms with Crippen molar-refractivity contribution in [3.63, 3.8) is 0 Å². The number of aryl methyl sites for hydroxylation is 1. The molecule has 0 amide bonds. The molecule has 0 N–H and O–H groups in total. The summed E-state index contributed by atoms with van der Waals surface area (Å²) < 4.78 is 87.0. The number of hydrogen-bond donors (Lipinski definition) is 0. The average molecular weight is 1200 g/mol. The molecule has 2 unspecified atom stereocenters. The maximum atomic E-state index is 15.2. The molecule has 0 aliphatic carbocycles. The molecule has 6 aromatic rings.